The maximum absolute atomic E-state index is 12.4. The Labute approximate surface area is 135 Å². The van der Waals surface area contributed by atoms with Crippen LogP contribution in [0.3, 0.4) is 0 Å². The van der Waals surface area contributed by atoms with Gasteiger partial charge in [-0.05, 0) is 37.2 Å². The highest BCUT2D eigenvalue weighted by molar-refractivity contribution is 5.77. The van der Waals surface area contributed by atoms with Crippen molar-refractivity contribution in [2.75, 3.05) is 6.54 Å². The van der Waals surface area contributed by atoms with Crippen molar-refractivity contribution >= 4 is 12.0 Å². The Hall–Kier alpha value is -2.05. The third kappa shape index (κ3) is 3.18. The Morgan fingerprint density at radius 1 is 1.39 bits per heavy atom. The number of rotatable bonds is 4. The molecule has 0 radical (unpaired) electrons. The number of carboxylic acids is 1. The fraction of sp³-hybridized carbons (Fsp3) is 0.688. The average molecular weight is 320 g/mol. The van der Waals surface area contributed by atoms with Crippen LogP contribution in [-0.4, -0.2) is 50.4 Å². The van der Waals surface area contributed by atoms with Gasteiger partial charge in [-0.2, -0.15) is 5.10 Å². The summed E-state index contributed by atoms with van der Waals surface area (Å²) in [7, 11) is 1.92. The van der Waals surface area contributed by atoms with E-state index in [0.29, 0.717) is 5.92 Å². The van der Waals surface area contributed by atoms with Crippen molar-refractivity contribution < 1.29 is 14.7 Å². The van der Waals surface area contributed by atoms with Gasteiger partial charge < -0.3 is 15.3 Å². The Bertz CT molecular complexity index is 586. The average Bonchev–Trinajstić information content (AvgIpc) is 3.05. The molecule has 7 heteroatoms. The summed E-state index contributed by atoms with van der Waals surface area (Å²) in [4.78, 5) is 25.2. The largest absolute Gasteiger partial charge is 0.481 e. The van der Waals surface area contributed by atoms with Gasteiger partial charge in [0, 0.05) is 31.9 Å². The number of nitrogens with one attached hydrogen (secondary N) is 1. The van der Waals surface area contributed by atoms with Gasteiger partial charge in [0.15, 0.2) is 0 Å². The Morgan fingerprint density at radius 3 is 2.57 bits per heavy atom. The van der Waals surface area contributed by atoms with Gasteiger partial charge in [0.05, 0.1) is 12.1 Å². The minimum atomic E-state index is -0.886. The zero-order valence-electron chi connectivity index (χ0n) is 13.6. The molecule has 3 unspecified atom stereocenters. The van der Waals surface area contributed by atoms with Gasteiger partial charge in [0.2, 0.25) is 0 Å². The lowest BCUT2D eigenvalue weighted by Crippen LogP contribution is -2.51. The molecular weight excluding hydrogens is 296 g/mol. The van der Waals surface area contributed by atoms with Crippen LogP contribution >= 0.6 is 0 Å². The van der Waals surface area contributed by atoms with E-state index in [1.165, 1.54) is 5.56 Å². The highest BCUT2D eigenvalue weighted by Crippen LogP contribution is 2.42. The summed E-state index contributed by atoms with van der Waals surface area (Å²) in [6.45, 7) is 1.78. The molecule has 1 aromatic rings. The maximum Gasteiger partial charge on any atom is 0.317 e. The van der Waals surface area contributed by atoms with Crippen molar-refractivity contribution in [2.45, 2.75) is 50.6 Å². The summed E-state index contributed by atoms with van der Waals surface area (Å²) in [5, 5.41) is 15.9. The van der Waals surface area contributed by atoms with Crippen molar-refractivity contribution in [3.8, 4) is 0 Å². The lowest BCUT2D eigenvalue weighted by molar-refractivity contribution is -0.140. The van der Waals surface area contributed by atoms with Crippen LogP contribution in [0.15, 0.2) is 12.4 Å². The van der Waals surface area contributed by atoms with E-state index in [0.717, 1.165) is 25.7 Å². The Balaban J connectivity index is 1.61. The molecule has 7 nitrogen and oxygen atoms in total. The van der Waals surface area contributed by atoms with E-state index in [9.17, 15) is 9.59 Å². The second kappa shape index (κ2) is 6.22. The molecule has 0 aromatic carbocycles. The Morgan fingerprint density at radius 2 is 2.04 bits per heavy atom. The van der Waals surface area contributed by atoms with Gasteiger partial charge in [-0.3, -0.25) is 9.48 Å². The fourth-order valence-corrected chi connectivity index (χ4v) is 3.85. The van der Waals surface area contributed by atoms with E-state index in [2.05, 4.69) is 16.6 Å². The molecule has 1 aromatic heterocycles. The second-order valence-electron chi connectivity index (χ2n) is 6.83. The van der Waals surface area contributed by atoms with E-state index in [1.807, 2.05) is 22.8 Å². The number of urea groups is 1. The Kier molecular flexibility index (Phi) is 4.28. The highest BCUT2D eigenvalue weighted by Gasteiger charge is 2.43. The molecule has 3 atom stereocenters. The third-order valence-corrected chi connectivity index (χ3v) is 5.14. The zero-order valence-corrected chi connectivity index (χ0v) is 13.6. The number of fused-ring (bicyclic) bond motifs is 2. The van der Waals surface area contributed by atoms with E-state index < -0.39 is 11.9 Å². The maximum atomic E-state index is 12.4. The standard InChI is InChI=1S/C16H24N4O3/c1-10(15(21)22)7-17-16(23)20-13-3-4-14(20)6-11(5-13)12-8-18-19(2)9-12/h8-11,13-14H,3-7H2,1-2H3,(H,17,23)(H,21,22). The minimum absolute atomic E-state index is 0.116. The van der Waals surface area contributed by atoms with Gasteiger partial charge >= 0.3 is 12.0 Å². The molecule has 2 N–H and O–H groups in total. The first-order valence-corrected chi connectivity index (χ1v) is 8.23. The lowest BCUT2D eigenvalue weighted by atomic mass is 9.87. The monoisotopic (exact) mass is 320 g/mol. The third-order valence-electron chi connectivity index (χ3n) is 5.14. The number of hydrogen-bond donors (Lipinski definition) is 2. The van der Waals surface area contributed by atoms with Gasteiger partial charge in [-0.1, -0.05) is 6.92 Å². The summed E-state index contributed by atoms with van der Waals surface area (Å²) in [5.74, 6) is -0.990. The van der Waals surface area contributed by atoms with Crippen molar-refractivity contribution in [1.82, 2.24) is 20.0 Å². The first-order chi connectivity index (χ1) is 11.0. The molecule has 2 saturated heterocycles. The molecule has 23 heavy (non-hydrogen) atoms. The van der Waals surface area contributed by atoms with Crippen LogP contribution in [0.5, 0.6) is 0 Å². The van der Waals surface area contributed by atoms with Crippen LogP contribution in [0.2, 0.25) is 0 Å². The number of carboxylic acid groups (broad SMARTS) is 1. The molecule has 0 saturated carbocycles. The van der Waals surface area contributed by atoms with Crippen molar-refractivity contribution in [3.05, 3.63) is 18.0 Å². The van der Waals surface area contributed by atoms with Gasteiger partial charge in [-0.15, -0.1) is 0 Å². The van der Waals surface area contributed by atoms with Crippen LogP contribution in [0.4, 0.5) is 4.79 Å². The van der Waals surface area contributed by atoms with Crippen molar-refractivity contribution in [2.24, 2.45) is 13.0 Å². The summed E-state index contributed by atoms with van der Waals surface area (Å²) in [6.07, 6.45) is 7.98. The number of hydrogen-bond acceptors (Lipinski definition) is 3. The fourth-order valence-electron chi connectivity index (χ4n) is 3.85. The summed E-state index contributed by atoms with van der Waals surface area (Å²) >= 11 is 0. The molecule has 2 fully saturated rings. The van der Waals surface area contributed by atoms with Gasteiger partial charge in [-0.25, -0.2) is 4.79 Å². The smallest absolute Gasteiger partial charge is 0.317 e. The SMILES string of the molecule is CC(CNC(=O)N1C2CCC1CC(c1cnn(C)c1)C2)C(=O)O. The number of amides is 2. The van der Waals surface area contributed by atoms with Crippen LogP contribution in [0.1, 0.15) is 44.1 Å². The topological polar surface area (TPSA) is 87.5 Å². The molecule has 126 valence electrons. The van der Waals surface area contributed by atoms with E-state index in [4.69, 9.17) is 5.11 Å². The molecule has 2 aliphatic rings. The zero-order chi connectivity index (χ0) is 16.6. The van der Waals surface area contributed by atoms with Crippen molar-refractivity contribution in [1.29, 1.82) is 0 Å². The van der Waals surface area contributed by atoms with E-state index in [1.54, 1.807) is 6.92 Å². The molecule has 0 aliphatic carbocycles. The number of aliphatic carboxylic acids is 1. The van der Waals surface area contributed by atoms with Crippen LogP contribution in [0.25, 0.3) is 0 Å². The molecule has 0 spiro atoms. The van der Waals surface area contributed by atoms with Gasteiger partial charge in [0.25, 0.3) is 0 Å². The molecule has 2 amide bonds. The summed E-state index contributed by atoms with van der Waals surface area (Å²) < 4.78 is 1.82. The minimum Gasteiger partial charge on any atom is -0.481 e. The normalized spacial score (nSPS) is 27.7. The molecule has 3 rings (SSSR count). The van der Waals surface area contributed by atoms with Crippen LogP contribution < -0.4 is 5.32 Å². The van der Waals surface area contributed by atoms with Gasteiger partial charge in [0.1, 0.15) is 0 Å². The van der Waals surface area contributed by atoms with E-state index >= 15 is 0 Å². The number of piperidine rings is 1. The predicted octanol–water partition coefficient (Wildman–Crippen LogP) is 1.56. The first-order valence-electron chi connectivity index (χ1n) is 8.23. The van der Waals surface area contributed by atoms with Crippen molar-refractivity contribution in [3.63, 3.8) is 0 Å². The number of carbonyl (C=O) groups is 2. The predicted molar refractivity (Wildman–Crippen MR) is 84.0 cm³/mol. The second-order valence-corrected chi connectivity index (χ2v) is 6.83. The number of carbonyl (C=O) groups excluding carboxylic acids is 1. The van der Waals surface area contributed by atoms with E-state index in [-0.39, 0.29) is 24.7 Å². The number of nitrogens with zero attached hydrogens (tertiary/aromatic N) is 3. The lowest BCUT2D eigenvalue weighted by Gasteiger charge is -2.38. The first kappa shape index (κ1) is 15.8. The number of aryl methyl sites for hydroxylation is 1. The van der Waals surface area contributed by atoms with Crippen LogP contribution in [-0.2, 0) is 11.8 Å². The summed E-state index contributed by atoms with van der Waals surface area (Å²) in [6, 6.07) is 0.383. The molecule has 3 heterocycles. The number of aromatic nitrogens is 2. The quantitative estimate of drug-likeness (QED) is 0.881. The molecule has 2 aliphatic heterocycles. The highest BCUT2D eigenvalue weighted by atomic mass is 16.4. The molecule has 2 bridgehead atoms. The molecular formula is C16H24N4O3. The summed E-state index contributed by atoms with van der Waals surface area (Å²) in [5.41, 5.74) is 1.25. The van der Waals surface area contributed by atoms with Crippen LogP contribution in [0, 0.1) is 5.92 Å².